The van der Waals surface area contributed by atoms with Crippen molar-refractivity contribution in [3.8, 4) is 11.4 Å². The lowest BCUT2D eigenvalue weighted by atomic mass is 9.90. The highest BCUT2D eigenvalue weighted by molar-refractivity contribution is 6.35. The summed E-state index contributed by atoms with van der Waals surface area (Å²) in [6, 6.07) is 84.1. The van der Waals surface area contributed by atoms with Gasteiger partial charge < -0.3 is 9.13 Å². The second kappa shape index (κ2) is 14.1. The van der Waals surface area contributed by atoms with Gasteiger partial charge in [0.25, 0.3) is 0 Å². The molecule has 14 rings (SSSR count). The molecule has 0 amide bonds. The van der Waals surface area contributed by atoms with Crippen molar-refractivity contribution < 1.29 is 0 Å². The molecular formula is C56H38N2. The number of hydrogen-bond donors (Lipinski definition) is 0. The second-order valence-corrected chi connectivity index (χ2v) is 14.9. The van der Waals surface area contributed by atoms with E-state index in [0.717, 1.165) is 33.4 Å². The van der Waals surface area contributed by atoms with E-state index in [1.54, 1.807) is 0 Å². The van der Waals surface area contributed by atoms with Crippen molar-refractivity contribution in [2.45, 2.75) is 0 Å². The summed E-state index contributed by atoms with van der Waals surface area (Å²) in [7, 11) is 0. The van der Waals surface area contributed by atoms with Crippen molar-refractivity contribution in [2.24, 2.45) is 0 Å². The number of para-hydroxylation sites is 4. The molecule has 0 radical (unpaired) electrons. The molecule has 4 aromatic heterocycles. The highest BCUT2D eigenvalue weighted by Gasteiger charge is 2.13. The first-order chi connectivity index (χ1) is 28.8. The second-order valence-electron chi connectivity index (χ2n) is 14.9. The number of benzene rings is 10. The summed E-state index contributed by atoms with van der Waals surface area (Å²) >= 11 is 0. The van der Waals surface area contributed by atoms with Crippen molar-refractivity contribution >= 4 is 86.7 Å². The van der Waals surface area contributed by atoms with Crippen LogP contribution in [0.4, 0.5) is 0 Å². The Morgan fingerprint density at radius 1 is 0.207 bits per heavy atom. The fourth-order valence-corrected chi connectivity index (χ4v) is 9.05. The zero-order valence-corrected chi connectivity index (χ0v) is 31.8. The van der Waals surface area contributed by atoms with E-state index in [4.69, 9.17) is 0 Å². The third-order valence-corrected chi connectivity index (χ3v) is 11.6. The molecule has 0 fully saturated rings. The summed E-state index contributed by atoms with van der Waals surface area (Å²) in [4.78, 5) is 0. The van der Waals surface area contributed by atoms with Gasteiger partial charge in [-0.05, 0) is 125 Å². The van der Waals surface area contributed by atoms with Gasteiger partial charge in [0, 0.05) is 22.4 Å². The van der Waals surface area contributed by atoms with Crippen molar-refractivity contribution in [1.82, 2.24) is 9.13 Å². The summed E-state index contributed by atoms with van der Waals surface area (Å²) in [5.41, 5.74) is 6.48. The van der Waals surface area contributed by atoms with Gasteiger partial charge in [-0.25, -0.2) is 0 Å². The van der Waals surface area contributed by atoms with Crippen LogP contribution in [0.2, 0.25) is 0 Å². The zero-order valence-electron chi connectivity index (χ0n) is 31.8. The lowest BCUT2D eigenvalue weighted by Gasteiger charge is -2.16. The Morgan fingerprint density at radius 3 is 0.793 bits per heavy atom. The average molecular weight is 739 g/mol. The van der Waals surface area contributed by atoms with Crippen LogP contribution in [-0.4, -0.2) is 9.13 Å². The van der Waals surface area contributed by atoms with Gasteiger partial charge in [-0.3, -0.25) is 0 Å². The number of rotatable bonds is 2. The number of fused-ring (bicyclic) bond motifs is 1. The number of aromatic nitrogens is 2. The van der Waals surface area contributed by atoms with E-state index in [0.29, 0.717) is 0 Å². The molecule has 2 heteroatoms. The highest BCUT2D eigenvalue weighted by Crippen LogP contribution is 2.41. The minimum absolute atomic E-state index is 1.08. The maximum atomic E-state index is 2.38. The van der Waals surface area contributed by atoms with Gasteiger partial charge in [0.15, 0.2) is 0 Å². The summed E-state index contributed by atoms with van der Waals surface area (Å²) in [6.45, 7) is 0. The molecule has 0 aliphatic rings. The Hall–Kier alpha value is -7.68. The molecule has 0 saturated heterocycles. The molecule has 4 heterocycles. The van der Waals surface area contributed by atoms with Crippen LogP contribution in [0.3, 0.4) is 0 Å². The summed E-state index contributed by atoms with van der Waals surface area (Å²) in [5.74, 6) is 0. The lowest BCUT2D eigenvalue weighted by Crippen LogP contribution is -2.02. The maximum absolute atomic E-state index is 2.38. The lowest BCUT2D eigenvalue weighted by molar-refractivity contribution is 1.12. The van der Waals surface area contributed by atoms with Crippen molar-refractivity contribution in [2.75, 3.05) is 0 Å². The Labute approximate surface area is 336 Å². The molecule has 0 aliphatic heterocycles. The van der Waals surface area contributed by atoms with Crippen LogP contribution in [0.1, 0.15) is 0 Å². The van der Waals surface area contributed by atoms with Crippen LogP contribution in [0, 0.1) is 0 Å². The van der Waals surface area contributed by atoms with E-state index in [2.05, 4.69) is 240 Å². The molecule has 14 aromatic rings. The predicted molar refractivity (Wildman–Crippen MR) is 249 cm³/mol. The average Bonchev–Trinajstić information content (AvgIpc) is 3.30. The normalized spacial score (nSPS) is 11.4. The topological polar surface area (TPSA) is 9.86 Å². The Balaban J connectivity index is 1.44. The van der Waals surface area contributed by atoms with E-state index in [9.17, 15) is 0 Å². The van der Waals surface area contributed by atoms with E-state index in [1.807, 2.05) is 0 Å². The zero-order chi connectivity index (χ0) is 38.4. The largest absolute Gasteiger partial charge is 0.308 e. The van der Waals surface area contributed by atoms with Crippen molar-refractivity contribution in [1.29, 1.82) is 0 Å². The quantitative estimate of drug-likeness (QED) is 0.156. The number of hydrogen-bond acceptors (Lipinski definition) is 0. The smallest absolute Gasteiger partial charge is 0.0702 e. The molecule has 0 atom stereocenters. The molecular weight excluding hydrogens is 701 g/mol. The SMILES string of the molecule is c1ccc(-n2c3ccc(cc3)c3ccccc3c3c4ccccc4c(c4ccccc4c4ccc(cc4)n(-c4ccccc4)c4ccccc42)c2ccccc23)cc1. The molecule has 0 N–H and O–H groups in total. The molecule has 0 aliphatic carbocycles. The fraction of sp³-hybridized carbons (Fsp3) is 0. The van der Waals surface area contributed by atoms with Gasteiger partial charge >= 0.3 is 0 Å². The summed E-state index contributed by atoms with van der Waals surface area (Å²) in [5, 5.41) is 14.7. The first-order valence-corrected chi connectivity index (χ1v) is 19.9. The van der Waals surface area contributed by atoms with Crippen LogP contribution in [0.25, 0.3) is 98.1 Å². The van der Waals surface area contributed by atoms with E-state index in [1.165, 1.54) is 64.6 Å². The third kappa shape index (κ3) is 5.57. The van der Waals surface area contributed by atoms with Crippen molar-refractivity contribution in [3.63, 3.8) is 0 Å². The van der Waals surface area contributed by atoms with E-state index < -0.39 is 0 Å². The Kier molecular flexibility index (Phi) is 8.19. The molecule has 0 saturated carbocycles. The minimum Gasteiger partial charge on any atom is -0.308 e. The van der Waals surface area contributed by atoms with Gasteiger partial charge in [-0.15, -0.1) is 0 Å². The first kappa shape index (κ1) is 33.6. The summed E-state index contributed by atoms with van der Waals surface area (Å²) < 4.78 is 4.76. The molecule has 272 valence electrons. The van der Waals surface area contributed by atoms with Gasteiger partial charge in [-0.2, -0.15) is 0 Å². The first-order valence-electron chi connectivity index (χ1n) is 19.9. The Bertz CT molecular complexity index is 3220. The monoisotopic (exact) mass is 738 g/mol. The van der Waals surface area contributed by atoms with Gasteiger partial charge in [0.2, 0.25) is 0 Å². The van der Waals surface area contributed by atoms with Gasteiger partial charge in [-0.1, -0.05) is 170 Å². The summed E-state index contributed by atoms with van der Waals surface area (Å²) in [6.07, 6.45) is 0. The van der Waals surface area contributed by atoms with Crippen LogP contribution in [0.15, 0.2) is 231 Å². The van der Waals surface area contributed by atoms with Crippen LogP contribution in [0.5, 0.6) is 0 Å². The van der Waals surface area contributed by atoms with Gasteiger partial charge in [0.05, 0.1) is 11.0 Å². The standard InChI is InChI=1S/C56H38N2/c1-3-17-41(18-4-1)57-43-35-31-39(32-36-43)45-21-7-9-23-47(45)55-49-25-11-13-27-51(49)56(52-28-14-12-26-50(52)55)48-24-10-8-22-46(48)40-33-37-44(38-34-40)58(42-19-5-2-6-20-42)54-30-16-15-29-53(54)57/h1-38H. The number of nitrogens with zero attached hydrogens (tertiary/aromatic N) is 2. The highest BCUT2D eigenvalue weighted by atomic mass is 15.0. The van der Waals surface area contributed by atoms with E-state index in [-0.39, 0.29) is 0 Å². The van der Waals surface area contributed by atoms with Crippen molar-refractivity contribution in [3.05, 3.63) is 231 Å². The van der Waals surface area contributed by atoms with Gasteiger partial charge in [0.1, 0.15) is 0 Å². The fourth-order valence-electron chi connectivity index (χ4n) is 9.05. The van der Waals surface area contributed by atoms with Crippen LogP contribution >= 0.6 is 0 Å². The minimum atomic E-state index is 1.08. The molecule has 6 bridgehead atoms. The van der Waals surface area contributed by atoms with Crippen LogP contribution < -0.4 is 0 Å². The predicted octanol–water partition coefficient (Wildman–Crippen LogP) is 15.3. The third-order valence-electron chi connectivity index (χ3n) is 11.6. The molecule has 2 nitrogen and oxygen atoms in total. The molecule has 58 heavy (non-hydrogen) atoms. The molecule has 0 unspecified atom stereocenters. The molecule has 0 spiro atoms. The Morgan fingerprint density at radius 2 is 0.466 bits per heavy atom. The van der Waals surface area contributed by atoms with E-state index >= 15 is 0 Å². The maximum Gasteiger partial charge on any atom is 0.0702 e. The van der Waals surface area contributed by atoms with Crippen LogP contribution in [-0.2, 0) is 0 Å². The molecule has 10 aromatic carbocycles.